The van der Waals surface area contributed by atoms with Crippen LogP contribution in [0.4, 0.5) is 11.5 Å². The minimum atomic E-state index is 0.563. The second-order valence-corrected chi connectivity index (χ2v) is 3.84. The second-order valence-electron chi connectivity index (χ2n) is 3.84. The van der Waals surface area contributed by atoms with Gasteiger partial charge in [-0.05, 0) is 18.9 Å². The fourth-order valence-corrected chi connectivity index (χ4v) is 1.66. The van der Waals surface area contributed by atoms with Crippen molar-refractivity contribution in [2.24, 2.45) is 0 Å². The molecule has 4 heteroatoms. The van der Waals surface area contributed by atoms with E-state index in [1.807, 2.05) is 25.1 Å². The third kappa shape index (κ3) is 2.00. The van der Waals surface area contributed by atoms with Crippen LogP contribution in [-0.4, -0.2) is 9.78 Å². The van der Waals surface area contributed by atoms with Crippen LogP contribution in [0.15, 0.2) is 30.3 Å². The summed E-state index contributed by atoms with van der Waals surface area (Å²) in [5.74, 6) is 0.563. The number of anilines is 2. The maximum absolute atomic E-state index is 5.84. The van der Waals surface area contributed by atoms with Crippen molar-refractivity contribution >= 4 is 11.5 Å². The highest BCUT2D eigenvalue weighted by molar-refractivity contribution is 5.61. The topological polar surface area (TPSA) is 69.9 Å². The minimum Gasteiger partial charge on any atom is -0.394 e. The number of hydrogen-bond donors (Lipinski definition) is 2. The summed E-state index contributed by atoms with van der Waals surface area (Å²) in [7, 11) is 0. The fraction of sp³-hybridized carbons (Fsp3) is 0.250. The Labute approximate surface area is 94.9 Å². The summed E-state index contributed by atoms with van der Waals surface area (Å²) in [5.41, 5.74) is 14.3. The van der Waals surface area contributed by atoms with E-state index < -0.39 is 0 Å². The summed E-state index contributed by atoms with van der Waals surface area (Å²) < 4.78 is 1.76. The zero-order chi connectivity index (χ0) is 11.5. The zero-order valence-electron chi connectivity index (χ0n) is 9.35. The molecule has 4 nitrogen and oxygen atoms in total. The van der Waals surface area contributed by atoms with E-state index >= 15 is 0 Å². The van der Waals surface area contributed by atoms with Gasteiger partial charge in [0, 0.05) is 6.54 Å². The molecule has 0 atom stereocenters. The van der Waals surface area contributed by atoms with Gasteiger partial charge in [0.15, 0.2) is 0 Å². The highest BCUT2D eigenvalue weighted by Crippen LogP contribution is 2.18. The summed E-state index contributed by atoms with van der Waals surface area (Å²) in [5, 5.41) is 4.29. The van der Waals surface area contributed by atoms with Crippen LogP contribution in [0.1, 0.15) is 11.3 Å². The van der Waals surface area contributed by atoms with Crippen LogP contribution in [-0.2, 0) is 13.0 Å². The molecule has 2 aromatic rings. The summed E-state index contributed by atoms with van der Waals surface area (Å²) in [6, 6.07) is 10.3. The van der Waals surface area contributed by atoms with E-state index in [0.29, 0.717) is 11.5 Å². The molecule has 84 valence electrons. The van der Waals surface area contributed by atoms with E-state index in [1.165, 1.54) is 5.56 Å². The van der Waals surface area contributed by atoms with Crippen LogP contribution in [0.2, 0.25) is 0 Å². The molecule has 16 heavy (non-hydrogen) atoms. The monoisotopic (exact) mass is 216 g/mol. The van der Waals surface area contributed by atoms with Crippen molar-refractivity contribution in [2.45, 2.75) is 19.9 Å². The number of aromatic nitrogens is 2. The number of hydrogen-bond acceptors (Lipinski definition) is 3. The molecule has 0 unspecified atom stereocenters. The Kier molecular flexibility index (Phi) is 2.81. The third-order valence-corrected chi connectivity index (χ3v) is 2.67. The van der Waals surface area contributed by atoms with Gasteiger partial charge in [0.1, 0.15) is 5.82 Å². The van der Waals surface area contributed by atoms with Crippen LogP contribution < -0.4 is 11.5 Å². The first-order valence-corrected chi connectivity index (χ1v) is 5.31. The molecule has 0 aliphatic rings. The van der Waals surface area contributed by atoms with Gasteiger partial charge in [-0.2, -0.15) is 5.10 Å². The van der Waals surface area contributed by atoms with E-state index in [2.05, 4.69) is 17.2 Å². The second kappa shape index (κ2) is 4.26. The van der Waals surface area contributed by atoms with Crippen molar-refractivity contribution in [3.8, 4) is 0 Å². The predicted molar refractivity (Wildman–Crippen MR) is 65.9 cm³/mol. The van der Waals surface area contributed by atoms with Crippen molar-refractivity contribution in [3.05, 3.63) is 41.6 Å². The minimum absolute atomic E-state index is 0.563. The summed E-state index contributed by atoms with van der Waals surface area (Å²) in [6.07, 6.45) is 0.908. The van der Waals surface area contributed by atoms with Crippen LogP contribution in [0, 0.1) is 6.92 Å². The van der Waals surface area contributed by atoms with Crippen molar-refractivity contribution in [1.29, 1.82) is 0 Å². The maximum atomic E-state index is 5.84. The van der Waals surface area contributed by atoms with Gasteiger partial charge in [0.25, 0.3) is 0 Å². The first kappa shape index (κ1) is 10.5. The first-order valence-electron chi connectivity index (χ1n) is 5.31. The molecule has 1 aromatic carbocycles. The van der Waals surface area contributed by atoms with E-state index in [1.54, 1.807) is 4.68 Å². The van der Waals surface area contributed by atoms with Crippen LogP contribution in [0.3, 0.4) is 0 Å². The smallest absolute Gasteiger partial charge is 0.145 e. The van der Waals surface area contributed by atoms with Crippen molar-refractivity contribution in [3.63, 3.8) is 0 Å². The fourth-order valence-electron chi connectivity index (χ4n) is 1.66. The molecule has 0 aliphatic heterocycles. The number of rotatable bonds is 3. The lowest BCUT2D eigenvalue weighted by molar-refractivity contribution is 0.618. The van der Waals surface area contributed by atoms with Gasteiger partial charge >= 0.3 is 0 Å². The molecule has 0 aliphatic carbocycles. The number of nitrogens with zero attached hydrogens (tertiary/aromatic N) is 2. The average Bonchev–Trinajstić information content (AvgIpc) is 2.56. The van der Waals surface area contributed by atoms with Gasteiger partial charge in [0.05, 0.1) is 11.4 Å². The molecule has 1 aromatic heterocycles. The van der Waals surface area contributed by atoms with Gasteiger partial charge in [-0.25, -0.2) is 4.68 Å². The number of nitrogen functional groups attached to an aromatic ring is 2. The van der Waals surface area contributed by atoms with Gasteiger partial charge in [-0.1, -0.05) is 30.3 Å². The summed E-state index contributed by atoms with van der Waals surface area (Å²) >= 11 is 0. The molecule has 1 heterocycles. The number of benzene rings is 1. The van der Waals surface area contributed by atoms with Gasteiger partial charge < -0.3 is 11.5 Å². The van der Waals surface area contributed by atoms with Gasteiger partial charge in [-0.3, -0.25) is 0 Å². The van der Waals surface area contributed by atoms with Crippen molar-refractivity contribution < 1.29 is 0 Å². The van der Waals surface area contributed by atoms with E-state index in [-0.39, 0.29) is 0 Å². The SMILES string of the molecule is Cc1nn(CCc2ccccc2)c(N)c1N. The molecule has 4 N–H and O–H groups in total. The molecule has 0 amide bonds. The van der Waals surface area contributed by atoms with E-state index in [4.69, 9.17) is 11.5 Å². The Balaban J connectivity index is 2.08. The Morgan fingerprint density at radius 3 is 2.44 bits per heavy atom. The molecule has 0 radical (unpaired) electrons. The number of aryl methyl sites for hydroxylation is 3. The standard InChI is InChI=1S/C12H16N4/c1-9-11(13)12(14)16(15-9)8-7-10-5-3-2-4-6-10/h2-6H,7-8,13-14H2,1H3. The third-order valence-electron chi connectivity index (χ3n) is 2.67. The Morgan fingerprint density at radius 2 is 1.88 bits per heavy atom. The lowest BCUT2D eigenvalue weighted by Crippen LogP contribution is -2.07. The number of nitrogens with two attached hydrogens (primary N) is 2. The molecule has 0 bridgehead atoms. The molecule has 0 saturated carbocycles. The highest BCUT2D eigenvalue weighted by Gasteiger charge is 2.08. The van der Waals surface area contributed by atoms with E-state index in [0.717, 1.165) is 18.7 Å². The lowest BCUT2D eigenvalue weighted by Gasteiger charge is -2.04. The van der Waals surface area contributed by atoms with Crippen LogP contribution in [0.5, 0.6) is 0 Å². The molecular formula is C12H16N4. The lowest BCUT2D eigenvalue weighted by atomic mass is 10.1. The average molecular weight is 216 g/mol. The maximum Gasteiger partial charge on any atom is 0.145 e. The Bertz CT molecular complexity index is 473. The Morgan fingerprint density at radius 1 is 1.19 bits per heavy atom. The zero-order valence-corrected chi connectivity index (χ0v) is 9.35. The van der Waals surface area contributed by atoms with Gasteiger partial charge in [0.2, 0.25) is 0 Å². The van der Waals surface area contributed by atoms with Crippen molar-refractivity contribution in [2.75, 3.05) is 11.5 Å². The quantitative estimate of drug-likeness (QED) is 0.818. The summed E-state index contributed by atoms with van der Waals surface area (Å²) in [4.78, 5) is 0. The first-order chi connectivity index (χ1) is 7.68. The molecule has 2 rings (SSSR count). The molecule has 0 spiro atoms. The van der Waals surface area contributed by atoms with Gasteiger partial charge in [-0.15, -0.1) is 0 Å². The van der Waals surface area contributed by atoms with Crippen LogP contribution in [0.25, 0.3) is 0 Å². The van der Waals surface area contributed by atoms with Crippen LogP contribution >= 0.6 is 0 Å². The Hall–Kier alpha value is -1.97. The highest BCUT2D eigenvalue weighted by atomic mass is 15.3. The van der Waals surface area contributed by atoms with E-state index in [9.17, 15) is 0 Å². The molecule has 0 fully saturated rings. The normalized spacial score (nSPS) is 10.6. The predicted octanol–water partition coefficient (Wildman–Crippen LogP) is 1.60. The molecule has 0 saturated heterocycles. The largest absolute Gasteiger partial charge is 0.394 e. The molecular weight excluding hydrogens is 200 g/mol. The van der Waals surface area contributed by atoms with Crippen molar-refractivity contribution in [1.82, 2.24) is 9.78 Å². The summed E-state index contributed by atoms with van der Waals surface area (Å²) in [6.45, 7) is 2.62.